The molecule has 0 radical (unpaired) electrons. The maximum Gasteiger partial charge on any atom is 0.293 e. The lowest BCUT2D eigenvalue weighted by Crippen LogP contribution is -2.25. The van der Waals surface area contributed by atoms with Gasteiger partial charge >= 0.3 is 0 Å². The van der Waals surface area contributed by atoms with E-state index >= 15 is 0 Å². The van der Waals surface area contributed by atoms with Crippen molar-refractivity contribution in [2.45, 2.75) is 13.0 Å². The first-order valence-corrected chi connectivity index (χ1v) is 8.85. The number of ether oxygens (including phenoxy) is 2. The number of methoxy groups -OCH3 is 2. The molecule has 0 amide bonds. The van der Waals surface area contributed by atoms with Crippen molar-refractivity contribution in [3.05, 3.63) is 82.2 Å². The van der Waals surface area contributed by atoms with Crippen LogP contribution in [0.5, 0.6) is 11.5 Å². The van der Waals surface area contributed by atoms with Crippen LogP contribution >= 0.6 is 0 Å². The Morgan fingerprint density at radius 1 is 1.04 bits per heavy atom. The number of benzene rings is 2. The van der Waals surface area contributed by atoms with Crippen LogP contribution in [0.2, 0.25) is 0 Å². The molecule has 0 fully saturated rings. The van der Waals surface area contributed by atoms with E-state index in [9.17, 15) is 9.18 Å². The van der Waals surface area contributed by atoms with Crippen molar-refractivity contribution < 1.29 is 13.9 Å². The number of hydrogen-bond acceptors (Lipinski definition) is 5. The molecule has 28 heavy (non-hydrogen) atoms. The lowest BCUT2D eigenvalue weighted by atomic mass is 10.1. The molecule has 0 bridgehead atoms. The van der Waals surface area contributed by atoms with Crippen molar-refractivity contribution in [1.29, 1.82) is 0 Å². The average Bonchev–Trinajstić information content (AvgIpc) is 2.72. The van der Waals surface area contributed by atoms with E-state index in [1.54, 1.807) is 43.3 Å². The van der Waals surface area contributed by atoms with Crippen LogP contribution in [0.4, 0.5) is 10.2 Å². The SMILES string of the molecule is COc1ccc(CCNc2nccn(Cc3ccc(F)cc3)c2=O)cc1OC. The fraction of sp³-hybridized carbons (Fsp3) is 0.238. The first-order chi connectivity index (χ1) is 13.6. The summed E-state index contributed by atoms with van der Waals surface area (Å²) in [5.41, 5.74) is 1.66. The highest BCUT2D eigenvalue weighted by Crippen LogP contribution is 2.27. The molecule has 2 aromatic carbocycles. The Morgan fingerprint density at radius 2 is 1.75 bits per heavy atom. The van der Waals surface area contributed by atoms with Crippen molar-refractivity contribution in [2.24, 2.45) is 0 Å². The molecule has 0 aliphatic heterocycles. The molecule has 0 saturated carbocycles. The molecule has 0 aliphatic rings. The maximum absolute atomic E-state index is 13.0. The maximum atomic E-state index is 13.0. The Morgan fingerprint density at radius 3 is 2.46 bits per heavy atom. The molecule has 0 unspecified atom stereocenters. The monoisotopic (exact) mass is 383 g/mol. The zero-order valence-corrected chi connectivity index (χ0v) is 15.8. The third kappa shape index (κ3) is 4.68. The topological polar surface area (TPSA) is 65.4 Å². The molecule has 3 rings (SSSR count). The first kappa shape index (κ1) is 19.4. The summed E-state index contributed by atoms with van der Waals surface area (Å²) in [6, 6.07) is 11.8. The number of aromatic nitrogens is 2. The summed E-state index contributed by atoms with van der Waals surface area (Å²) < 4.78 is 25.1. The van der Waals surface area contributed by atoms with E-state index in [-0.39, 0.29) is 17.2 Å². The summed E-state index contributed by atoms with van der Waals surface area (Å²) in [7, 11) is 3.19. The van der Waals surface area contributed by atoms with Crippen molar-refractivity contribution in [3.8, 4) is 11.5 Å². The van der Waals surface area contributed by atoms with Gasteiger partial charge in [-0.2, -0.15) is 0 Å². The molecule has 0 atom stereocenters. The highest BCUT2D eigenvalue weighted by Gasteiger charge is 2.07. The van der Waals surface area contributed by atoms with E-state index in [1.807, 2.05) is 18.2 Å². The van der Waals surface area contributed by atoms with Crippen LogP contribution in [0.15, 0.2) is 59.7 Å². The Kier molecular flexibility index (Phi) is 6.26. The normalized spacial score (nSPS) is 10.5. The second-order valence-corrected chi connectivity index (χ2v) is 6.20. The van der Waals surface area contributed by atoms with Gasteiger partial charge in [0.25, 0.3) is 5.56 Å². The predicted octanol–water partition coefficient (Wildman–Crippen LogP) is 3.10. The number of hydrogen-bond donors (Lipinski definition) is 1. The Labute approximate surface area is 162 Å². The fourth-order valence-electron chi connectivity index (χ4n) is 2.84. The van der Waals surface area contributed by atoms with Gasteiger partial charge in [-0.05, 0) is 41.8 Å². The summed E-state index contributed by atoms with van der Waals surface area (Å²) in [5.74, 6) is 1.32. The fourth-order valence-corrected chi connectivity index (χ4v) is 2.84. The molecule has 1 aromatic heterocycles. The highest BCUT2D eigenvalue weighted by molar-refractivity contribution is 5.43. The summed E-state index contributed by atoms with van der Waals surface area (Å²) in [5, 5.41) is 3.09. The second kappa shape index (κ2) is 9.03. The Balaban J connectivity index is 1.65. The van der Waals surface area contributed by atoms with Crippen molar-refractivity contribution in [3.63, 3.8) is 0 Å². The molecule has 0 aliphatic carbocycles. The van der Waals surface area contributed by atoms with Crippen molar-refractivity contribution >= 4 is 5.82 Å². The first-order valence-electron chi connectivity index (χ1n) is 8.85. The molecule has 0 spiro atoms. The number of rotatable bonds is 8. The van der Waals surface area contributed by atoms with Gasteiger partial charge in [0.15, 0.2) is 17.3 Å². The van der Waals surface area contributed by atoms with Crippen LogP contribution in [-0.4, -0.2) is 30.3 Å². The van der Waals surface area contributed by atoms with Gasteiger partial charge in [-0.3, -0.25) is 4.79 Å². The minimum atomic E-state index is -0.302. The van der Waals surface area contributed by atoms with E-state index < -0.39 is 0 Å². The third-order valence-corrected chi connectivity index (χ3v) is 4.33. The van der Waals surface area contributed by atoms with Crippen LogP contribution in [0.25, 0.3) is 0 Å². The molecule has 3 aromatic rings. The minimum absolute atomic E-state index is 0.223. The zero-order chi connectivity index (χ0) is 19.9. The highest BCUT2D eigenvalue weighted by atomic mass is 19.1. The van der Waals surface area contributed by atoms with Gasteiger partial charge in [0.1, 0.15) is 5.82 Å². The summed E-state index contributed by atoms with van der Waals surface area (Å²) in [6.07, 6.45) is 3.88. The van der Waals surface area contributed by atoms with Crippen LogP contribution < -0.4 is 20.3 Å². The number of anilines is 1. The van der Waals surface area contributed by atoms with Gasteiger partial charge in [-0.15, -0.1) is 0 Å². The Bertz CT molecular complexity index is 987. The largest absolute Gasteiger partial charge is 0.493 e. The van der Waals surface area contributed by atoms with Crippen LogP contribution in [0, 0.1) is 5.82 Å². The molecular weight excluding hydrogens is 361 g/mol. The van der Waals surface area contributed by atoms with Gasteiger partial charge in [0, 0.05) is 18.9 Å². The number of halogens is 1. The van der Waals surface area contributed by atoms with E-state index in [0.717, 1.165) is 11.1 Å². The number of nitrogens with one attached hydrogen (secondary N) is 1. The smallest absolute Gasteiger partial charge is 0.293 e. The van der Waals surface area contributed by atoms with Gasteiger partial charge in [0.2, 0.25) is 0 Å². The Hall–Kier alpha value is -3.35. The van der Waals surface area contributed by atoms with Crippen molar-refractivity contribution in [2.75, 3.05) is 26.1 Å². The van der Waals surface area contributed by atoms with Gasteiger partial charge in [-0.25, -0.2) is 9.37 Å². The van der Waals surface area contributed by atoms with Crippen molar-refractivity contribution in [1.82, 2.24) is 9.55 Å². The van der Waals surface area contributed by atoms with E-state index in [4.69, 9.17) is 9.47 Å². The standard InChI is InChI=1S/C21H22FN3O3/c1-27-18-8-5-15(13-19(18)28-2)9-10-23-20-21(26)25(12-11-24-20)14-16-3-6-17(22)7-4-16/h3-8,11-13H,9-10,14H2,1-2H3,(H,23,24). The predicted molar refractivity (Wildman–Crippen MR) is 106 cm³/mol. The minimum Gasteiger partial charge on any atom is -0.493 e. The number of nitrogens with zero attached hydrogens (tertiary/aromatic N) is 2. The zero-order valence-electron chi connectivity index (χ0n) is 15.8. The molecule has 1 N–H and O–H groups in total. The summed E-state index contributed by atoms with van der Waals surface area (Å²) in [4.78, 5) is 16.7. The molecule has 0 saturated heterocycles. The van der Waals surface area contributed by atoms with E-state index in [0.29, 0.717) is 31.0 Å². The van der Waals surface area contributed by atoms with E-state index in [2.05, 4.69) is 10.3 Å². The quantitative estimate of drug-likeness (QED) is 0.648. The molecule has 6 nitrogen and oxygen atoms in total. The van der Waals surface area contributed by atoms with Crippen LogP contribution in [0.1, 0.15) is 11.1 Å². The van der Waals surface area contributed by atoms with Gasteiger partial charge in [0.05, 0.1) is 20.8 Å². The summed E-state index contributed by atoms with van der Waals surface area (Å²) >= 11 is 0. The van der Waals surface area contributed by atoms with Gasteiger partial charge < -0.3 is 19.4 Å². The molecular formula is C21H22FN3O3. The lowest BCUT2D eigenvalue weighted by Gasteiger charge is -2.11. The molecule has 1 heterocycles. The average molecular weight is 383 g/mol. The molecule has 7 heteroatoms. The third-order valence-electron chi connectivity index (χ3n) is 4.33. The second-order valence-electron chi connectivity index (χ2n) is 6.20. The lowest BCUT2D eigenvalue weighted by molar-refractivity contribution is 0.354. The van der Waals surface area contributed by atoms with Crippen LogP contribution in [-0.2, 0) is 13.0 Å². The summed E-state index contributed by atoms with van der Waals surface area (Å²) in [6.45, 7) is 0.893. The molecule has 146 valence electrons. The van der Waals surface area contributed by atoms with E-state index in [1.165, 1.54) is 12.1 Å². The van der Waals surface area contributed by atoms with Crippen LogP contribution in [0.3, 0.4) is 0 Å². The van der Waals surface area contributed by atoms with Gasteiger partial charge in [-0.1, -0.05) is 18.2 Å².